The fourth-order valence-electron chi connectivity index (χ4n) is 1.60. The lowest BCUT2D eigenvalue weighted by atomic mass is 10.0. The highest BCUT2D eigenvalue weighted by molar-refractivity contribution is 5.84. The minimum Gasteiger partial charge on any atom is -0.464 e. The van der Waals surface area contributed by atoms with Gasteiger partial charge in [0, 0.05) is 12.6 Å². The Morgan fingerprint density at radius 2 is 1.95 bits per heavy atom. The molecular formula is C13H18N2O4. The van der Waals surface area contributed by atoms with Crippen LogP contribution in [0.15, 0.2) is 24.3 Å². The summed E-state index contributed by atoms with van der Waals surface area (Å²) in [4.78, 5) is 22.8. The Balaban J connectivity index is 2.92. The number of nitrogens with two attached hydrogens (primary N) is 1. The maximum atomic E-state index is 11.7. The molecule has 6 heteroatoms. The summed E-state index contributed by atoms with van der Waals surface area (Å²) in [5, 5.41) is 12.5. The van der Waals surface area contributed by atoms with Crippen LogP contribution in [0.4, 0.5) is 5.69 Å². The van der Waals surface area contributed by atoms with Gasteiger partial charge in [0.1, 0.15) is 6.10 Å². The number of hydrogen-bond donors (Lipinski definition) is 3. The first-order valence-electron chi connectivity index (χ1n) is 5.93. The van der Waals surface area contributed by atoms with E-state index in [0.717, 1.165) is 0 Å². The number of rotatable bonds is 5. The molecule has 6 nitrogen and oxygen atoms in total. The predicted octanol–water partition coefficient (Wildman–Crippen LogP) is 0.370. The van der Waals surface area contributed by atoms with Crippen LogP contribution < -0.4 is 11.1 Å². The Morgan fingerprint density at radius 1 is 1.37 bits per heavy atom. The van der Waals surface area contributed by atoms with Gasteiger partial charge in [-0.2, -0.15) is 0 Å². The minimum absolute atomic E-state index is 0.170. The van der Waals surface area contributed by atoms with Crippen LogP contribution in [0.25, 0.3) is 0 Å². The summed E-state index contributed by atoms with van der Waals surface area (Å²) < 4.78 is 4.83. The van der Waals surface area contributed by atoms with Crippen LogP contribution in [-0.2, 0) is 14.3 Å². The van der Waals surface area contributed by atoms with E-state index in [4.69, 9.17) is 10.5 Å². The SMILES string of the molecule is CCOC(=O)C(NC(C)=O)C(O)c1ccc(N)cc1. The van der Waals surface area contributed by atoms with Crippen molar-refractivity contribution in [1.29, 1.82) is 0 Å². The number of esters is 1. The number of amides is 1. The van der Waals surface area contributed by atoms with Gasteiger partial charge in [-0.25, -0.2) is 4.79 Å². The van der Waals surface area contributed by atoms with E-state index in [1.807, 2.05) is 0 Å². The van der Waals surface area contributed by atoms with Gasteiger partial charge in [-0.05, 0) is 24.6 Å². The number of hydrogen-bond acceptors (Lipinski definition) is 5. The van der Waals surface area contributed by atoms with Crippen molar-refractivity contribution >= 4 is 17.6 Å². The van der Waals surface area contributed by atoms with Crippen LogP contribution in [0.1, 0.15) is 25.5 Å². The molecule has 0 bridgehead atoms. The van der Waals surface area contributed by atoms with Crippen LogP contribution in [0.5, 0.6) is 0 Å². The van der Waals surface area contributed by atoms with Crippen molar-refractivity contribution in [2.24, 2.45) is 0 Å². The molecule has 0 saturated heterocycles. The van der Waals surface area contributed by atoms with Crippen LogP contribution in [0.3, 0.4) is 0 Å². The van der Waals surface area contributed by atoms with E-state index in [1.165, 1.54) is 6.92 Å². The number of carbonyl (C=O) groups excluding carboxylic acids is 2. The van der Waals surface area contributed by atoms with E-state index in [9.17, 15) is 14.7 Å². The van der Waals surface area contributed by atoms with E-state index >= 15 is 0 Å². The van der Waals surface area contributed by atoms with Crippen molar-refractivity contribution in [3.63, 3.8) is 0 Å². The normalized spacial score (nSPS) is 13.4. The Morgan fingerprint density at radius 3 is 2.42 bits per heavy atom. The zero-order chi connectivity index (χ0) is 14.4. The molecule has 0 aromatic heterocycles. The lowest BCUT2D eigenvalue weighted by Crippen LogP contribution is -2.45. The number of aliphatic hydroxyl groups is 1. The third-order valence-electron chi connectivity index (χ3n) is 2.49. The van der Waals surface area contributed by atoms with Crippen LogP contribution in [0, 0.1) is 0 Å². The summed E-state index contributed by atoms with van der Waals surface area (Å²) in [5.41, 5.74) is 6.57. The largest absolute Gasteiger partial charge is 0.464 e. The second-order valence-corrected chi connectivity index (χ2v) is 4.04. The van der Waals surface area contributed by atoms with Gasteiger partial charge in [0.2, 0.25) is 5.91 Å². The molecule has 0 aliphatic heterocycles. The van der Waals surface area contributed by atoms with E-state index < -0.39 is 24.0 Å². The number of carbonyl (C=O) groups is 2. The van der Waals surface area contributed by atoms with Gasteiger partial charge < -0.3 is 20.9 Å². The number of nitrogens with one attached hydrogen (secondary N) is 1. The topological polar surface area (TPSA) is 102 Å². The zero-order valence-electron chi connectivity index (χ0n) is 10.9. The molecule has 4 N–H and O–H groups in total. The van der Waals surface area contributed by atoms with Crippen molar-refractivity contribution in [3.05, 3.63) is 29.8 Å². The zero-order valence-corrected chi connectivity index (χ0v) is 10.9. The third kappa shape index (κ3) is 4.26. The number of benzene rings is 1. The van der Waals surface area contributed by atoms with Crippen molar-refractivity contribution < 1.29 is 19.4 Å². The Labute approximate surface area is 111 Å². The molecule has 19 heavy (non-hydrogen) atoms. The fourth-order valence-corrected chi connectivity index (χ4v) is 1.60. The predicted molar refractivity (Wildman–Crippen MR) is 70.1 cm³/mol. The molecule has 0 spiro atoms. The molecule has 0 heterocycles. The first-order valence-corrected chi connectivity index (χ1v) is 5.93. The average molecular weight is 266 g/mol. The molecule has 2 atom stereocenters. The van der Waals surface area contributed by atoms with E-state index in [-0.39, 0.29) is 6.61 Å². The summed E-state index contributed by atoms with van der Waals surface area (Å²) in [6.45, 7) is 3.09. The maximum absolute atomic E-state index is 11.7. The molecule has 104 valence electrons. The molecule has 0 fully saturated rings. The van der Waals surface area contributed by atoms with Crippen LogP contribution in [-0.4, -0.2) is 29.6 Å². The standard InChI is InChI=1S/C13H18N2O4/c1-3-19-13(18)11(15-8(2)16)12(17)9-4-6-10(14)7-5-9/h4-7,11-12,17H,3,14H2,1-2H3,(H,15,16). The van der Waals surface area contributed by atoms with Crippen molar-refractivity contribution in [2.45, 2.75) is 26.0 Å². The van der Waals surface area contributed by atoms with Gasteiger partial charge in [0.15, 0.2) is 6.04 Å². The van der Waals surface area contributed by atoms with E-state index in [1.54, 1.807) is 31.2 Å². The summed E-state index contributed by atoms with van der Waals surface area (Å²) >= 11 is 0. The molecule has 0 aliphatic carbocycles. The lowest BCUT2D eigenvalue weighted by molar-refractivity contribution is -0.150. The Hall–Kier alpha value is -2.08. The number of nitrogen functional groups attached to an aromatic ring is 1. The van der Waals surface area contributed by atoms with E-state index in [2.05, 4.69) is 5.32 Å². The smallest absolute Gasteiger partial charge is 0.331 e. The molecule has 0 radical (unpaired) electrons. The van der Waals surface area contributed by atoms with Crippen molar-refractivity contribution in [3.8, 4) is 0 Å². The van der Waals surface area contributed by atoms with Gasteiger partial charge >= 0.3 is 5.97 Å². The minimum atomic E-state index is -1.19. The summed E-state index contributed by atoms with van der Waals surface area (Å²) in [5.74, 6) is -1.10. The molecule has 1 amide bonds. The molecule has 1 rings (SSSR count). The number of aliphatic hydroxyl groups excluding tert-OH is 1. The highest BCUT2D eigenvalue weighted by Crippen LogP contribution is 2.19. The Bertz CT molecular complexity index is 444. The number of anilines is 1. The fraction of sp³-hybridized carbons (Fsp3) is 0.385. The van der Waals surface area contributed by atoms with Gasteiger partial charge in [-0.1, -0.05) is 12.1 Å². The van der Waals surface area contributed by atoms with E-state index in [0.29, 0.717) is 11.3 Å². The summed E-state index contributed by atoms with van der Waals surface area (Å²) in [6.07, 6.45) is -1.19. The third-order valence-corrected chi connectivity index (χ3v) is 2.49. The second-order valence-electron chi connectivity index (χ2n) is 4.04. The summed E-state index contributed by atoms with van der Waals surface area (Å²) in [7, 11) is 0. The lowest BCUT2D eigenvalue weighted by Gasteiger charge is -2.22. The maximum Gasteiger partial charge on any atom is 0.331 e. The highest BCUT2D eigenvalue weighted by atomic mass is 16.5. The molecule has 1 aromatic carbocycles. The molecular weight excluding hydrogens is 248 g/mol. The Kier molecular flexibility index (Phi) is 5.32. The van der Waals surface area contributed by atoms with Gasteiger partial charge in [0.05, 0.1) is 6.61 Å². The first-order chi connectivity index (χ1) is 8.95. The van der Waals surface area contributed by atoms with Crippen LogP contribution >= 0.6 is 0 Å². The highest BCUT2D eigenvalue weighted by Gasteiger charge is 2.30. The van der Waals surface area contributed by atoms with Gasteiger partial charge in [-0.3, -0.25) is 4.79 Å². The first kappa shape index (κ1) is 15.0. The quantitative estimate of drug-likeness (QED) is 0.528. The van der Waals surface area contributed by atoms with Crippen molar-refractivity contribution in [2.75, 3.05) is 12.3 Å². The molecule has 1 aromatic rings. The number of ether oxygens (including phenoxy) is 1. The monoisotopic (exact) mass is 266 g/mol. The second kappa shape index (κ2) is 6.75. The molecule has 0 aliphatic rings. The molecule has 2 unspecified atom stereocenters. The summed E-state index contributed by atoms with van der Waals surface area (Å²) in [6, 6.07) is 5.26. The van der Waals surface area contributed by atoms with Crippen LogP contribution in [0.2, 0.25) is 0 Å². The average Bonchev–Trinajstić information content (AvgIpc) is 2.36. The van der Waals surface area contributed by atoms with Crippen molar-refractivity contribution in [1.82, 2.24) is 5.32 Å². The van der Waals surface area contributed by atoms with Gasteiger partial charge in [-0.15, -0.1) is 0 Å². The molecule has 0 saturated carbocycles. The van der Waals surface area contributed by atoms with Gasteiger partial charge in [0.25, 0.3) is 0 Å².